The van der Waals surface area contributed by atoms with Gasteiger partial charge in [0.2, 0.25) is 0 Å². The highest BCUT2D eigenvalue weighted by atomic mass is 35.5. The maximum atomic E-state index is 11.2. The monoisotopic (exact) mass is 309 g/mol. The maximum Gasteiger partial charge on any atom is 0.336 e. The molecule has 2 aromatic carbocycles. The van der Waals surface area contributed by atoms with E-state index in [1.54, 1.807) is 18.2 Å². The normalized spacial score (nSPS) is 10.2. The van der Waals surface area contributed by atoms with Gasteiger partial charge in [0.25, 0.3) is 5.69 Å². The summed E-state index contributed by atoms with van der Waals surface area (Å²) in [4.78, 5) is 22.3. The van der Waals surface area contributed by atoms with Gasteiger partial charge in [-0.15, -0.1) is 0 Å². The van der Waals surface area contributed by atoms with Gasteiger partial charge in [0.1, 0.15) is 0 Å². The van der Waals surface area contributed by atoms with Gasteiger partial charge in [-0.1, -0.05) is 35.5 Å². The first-order valence-electron chi connectivity index (χ1n) is 5.43. The van der Waals surface area contributed by atoms with Crippen molar-refractivity contribution in [1.82, 2.24) is 0 Å². The third-order valence-electron chi connectivity index (χ3n) is 2.46. The van der Waals surface area contributed by atoms with E-state index < -0.39 is 10.9 Å². The lowest BCUT2D eigenvalue weighted by Gasteiger charge is -2.06. The standard InChI is InChI=1S/C13H8ClNO4S/c14-8-5-6-9(13(16)17)12(7-8)20-11-4-2-1-3-10(11)15(18)19/h1-7H,(H,16,17). The van der Waals surface area contributed by atoms with Crippen LogP contribution < -0.4 is 0 Å². The zero-order chi connectivity index (χ0) is 14.7. The van der Waals surface area contributed by atoms with Gasteiger partial charge in [-0.25, -0.2) is 4.79 Å². The summed E-state index contributed by atoms with van der Waals surface area (Å²) in [5.74, 6) is -1.11. The Labute approximate surface area is 123 Å². The van der Waals surface area contributed by atoms with Crippen molar-refractivity contribution in [3.8, 4) is 0 Å². The van der Waals surface area contributed by atoms with Crippen LogP contribution in [0.5, 0.6) is 0 Å². The molecule has 2 rings (SSSR count). The molecule has 0 aliphatic heterocycles. The van der Waals surface area contributed by atoms with Gasteiger partial charge in [0.05, 0.1) is 15.4 Å². The highest BCUT2D eigenvalue weighted by Crippen LogP contribution is 2.37. The molecule has 7 heteroatoms. The summed E-state index contributed by atoms with van der Waals surface area (Å²) in [5, 5.41) is 20.4. The topological polar surface area (TPSA) is 80.4 Å². The molecule has 0 aromatic heterocycles. The van der Waals surface area contributed by atoms with Crippen molar-refractivity contribution in [1.29, 1.82) is 0 Å². The van der Waals surface area contributed by atoms with E-state index >= 15 is 0 Å². The van der Waals surface area contributed by atoms with Crippen molar-refractivity contribution in [2.24, 2.45) is 0 Å². The smallest absolute Gasteiger partial charge is 0.336 e. The fourth-order valence-corrected chi connectivity index (χ4v) is 2.89. The van der Waals surface area contributed by atoms with E-state index in [4.69, 9.17) is 16.7 Å². The number of nitro benzene ring substituents is 1. The van der Waals surface area contributed by atoms with Crippen LogP contribution in [0.15, 0.2) is 52.3 Å². The first kappa shape index (κ1) is 14.4. The molecule has 0 atom stereocenters. The largest absolute Gasteiger partial charge is 0.478 e. The lowest BCUT2D eigenvalue weighted by atomic mass is 10.2. The lowest BCUT2D eigenvalue weighted by molar-refractivity contribution is -0.387. The second kappa shape index (κ2) is 5.94. The van der Waals surface area contributed by atoms with E-state index in [1.807, 2.05) is 0 Å². The second-order valence-corrected chi connectivity index (χ2v) is 5.29. The number of nitro groups is 1. The van der Waals surface area contributed by atoms with Gasteiger partial charge in [-0.05, 0) is 24.3 Å². The second-order valence-electron chi connectivity index (χ2n) is 3.77. The summed E-state index contributed by atoms with van der Waals surface area (Å²) in [6.07, 6.45) is 0. The lowest BCUT2D eigenvalue weighted by Crippen LogP contribution is -1.99. The molecule has 0 radical (unpaired) electrons. The van der Waals surface area contributed by atoms with E-state index in [2.05, 4.69) is 0 Å². The van der Waals surface area contributed by atoms with Crippen LogP contribution in [0.3, 0.4) is 0 Å². The molecule has 0 saturated heterocycles. The average Bonchev–Trinajstić information content (AvgIpc) is 2.38. The highest BCUT2D eigenvalue weighted by Gasteiger charge is 2.17. The first-order valence-corrected chi connectivity index (χ1v) is 6.62. The molecule has 0 heterocycles. The third kappa shape index (κ3) is 3.09. The molecule has 0 aliphatic rings. The summed E-state index contributed by atoms with van der Waals surface area (Å²) in [6.45, 7) is 0. The number of rotatable bonds is 4. The number of carboxylic acid groups (broad SMARTS) is 1. The molecule has 0 amide bonds. The van der Waals surface area contributed by atoms with Crippen molar-refractivity contribution >= 4 is 35.0 Å². The van der Waals surface area contributed by atoms with Crippen molar-refractivity contribution in [3.63, 3.8) is 0 Å². The summed E-state index contributed by atoms with van der Waals surface area (Å²) < 4.78 is 0. The summed E-state index contributed by atoms with van der Waals surface area (Å²) in [6, 6.07) is 10.5. The Bertz CT molecular complexity index is 690. The Morgan fingerprint density at radius 3 is 2.55 bits per heavy atom. The molecular weight excluding hydrogens is 302 g/mol. The Morgan fingerprint density at radius 2 is 1.90 bits per heavy atom. The number of carboxylic acids is 1. The number of hydrogen-bond donors (Lipinski definition) is 1. The third-order valence-corrected chi connectivity index (χ3v) is 3.81. The van der Waals surface area contributed by atoms with E-state index in [0.717, 1.165) is 11.8 Å². The van der Waals surface area contributed by atoms with Crippen LogP contribution in [0.25, 0.3) is 0 Å². The SMILES string of the molecule is O=C(O)c1ccc(Cl)cc1Sc1ccccc1[N+](=O)[O-]. The minimum absolute atomic E-state index is 0.0533. The molecule has 0 fully saturated rings. The van der Waals surface area contributed by atoms with Crippen LogP contribution >= 0.6 is 23.4 Å². The zero-order valence-corrected chi connectivity index (χ0v) is 11.5. The zero-order valence-electron chi connectivity index (χ0n) is 9.95. The fraction of sp³-hybridized carbons (Fsp3) is 0. The van der Waals surface area contributed by atoms with Crippen LogP contribution in [0, 0.1) is 10.1 Å². The molecule has 102 valence electrons. The molecule has 20 heavy (non-hydrogen) atoms. The number of halogens is 1. The molecule has 0 spiro atoms. The van der Waals surface area contributed by atoms with E-state index in [0.29, 0.717) is 14.8 Å². The maximum absolute atomic E-state index is 11.2. The van der Waals surface area contributed by atoms with E-state index in [-0.39, 0.29) is 11.3 Å². The molecule has 1 N–H and O–H groups in total. The van der Waals surface area contributed by atoms with Gasteiger partial charge in [-0.2, -0.15) is 0 Å². The number of carbonyl (C=O) groups is 1. The highest BCUT2D eigenvalue weighted by molar-refractivity contribution is 7.99. The van der Waals surface area contributed by atoms with Crippen molar-refractivity contribution in [2.75, 3.05) is 0 Å². The van der Waals surface area contributed by atoms with Crippen molar-refractivity contribution in [2.45, 2.75) is 9.79 Å². The van der Waals surface area contributed by atoms with Crippen LogP contribution in [0.1, 0.15) is 10.4 Å². The fourth-order valence-electron chi connectivity index (χ4n) is 1.57. The van der Waals surface area contributed by atoms with Crippen LogP contribution in [0.4, 0.5) is 5.69 Å². The minimum Gasteiger partial charge on any atom is -0.478 e. The van der Waals surface area contributed by atoms with Crippen LogP contribution in [-0.2, 0) is 0 Å². The molecule has 0 unspecified atom stereocenters. The van der Waals surface area contributed by atoms with Gasteiger partial charge >= 0.3 is 5.97 Å². The van der Waals surface area contributed by atoms with E-state index in [9.17, 15) is 14.9 Å². The summed E-state index contributed by atoms with van der Waals surface area (Å²) in [7, 11) is 0. The number of aromatic carboxylic acids is 1. The first-order chi connectivity index (χ1) is 9.49. The predicted molar refractivity (Wildman–Crippen MR) is 75.6 cm³/mol. The predicted octanol–water partition coefficient (Wildman–Crippen LogP) is 4.10. The molecular formula is C13H8ClNO4S. The van der Waals surface area contributed by atoms with Crippen LogP contribution in [0.2, 0.25) is 5.02 Å². The van der Waals surface area contributed by atoms with Gasteiger partial charge in [0.15, 0.2) is 0 Å². The Hall–Kier alpha value is -2.05. The number of hydrogen-bond acceptors (Lipinski definition) is 4. The molecule has 0 aliphatic carbocycles. The molecule has 0 saturated carbocycles. The van der Waals surface area contributed by atoms with Crippen LogP contribution in [-0.4, -0.2) is 16.0 Å². The number of benzene rings is 2. The number of nitrogens with zero attached hydrogens (tertiary/aromatic N) is 1. The minimum atomic E-state index is -1.11. The van der Waals surface area contributed by atoms with Crippen molar-refractivity contribution < 1.29 is 14.8 Å². The average molecular weight is 310 g/mol. The Balaban J connectivity index is 2.47. The quantitative estimate of drug-likeness (QED) is 0.679. The summed E-state index contributed by atoms with van der Waals surface area (Å²) in [5.41, 5.74) is -0.0219. The Kier molecular flexibility index (Phi) is 4.26. The van der Waals surface area contributed by atoms with Crippen molar-refractivity contribution in [3.05, 3.63) is 63.2 Å². The number of para-hydroxylation sites is 1. The summed E-state index contributed by atoms with van der Waals surface area (Å²) >= 11 is 6.85. The molecule has 5 nitrogen and oxygen atoms in total. The van der Waals surface area contributed by atoms with E-state index in [1.165, 1.54) is 24.3 Å². The van der Waals surface area contributed by atoms with Gasteiger partial charge < -0.3 is 5.11 Å². The van der Waals surface area contributed by atoms with Gasteiger partial charge in [-0.3, -0.25) is 10.1 Å². The molecule has 0 bridgehead atoms. The Morgan fingerprint density at radius 1 is 1.20 bits per heavy atom. The molecule has 2 aromatic rings. The van der Waals surface area contributed by atoms with Gasteiger partial charge in [0, 0.05) is 16.0 Å².